The lowest BCUT2D eigenvalue weighted by atomic mass is 9.80. The number of amides is 2. The molecule has 0 saturated carbocycles. The summed E-state index contributed by atoms with van der Waals surface area (Å²) in [7, 11) is -1.59. The zero-order valence-corrected chi connectivity index (χ0v) is 17.7. The molecule has 2 heterocycles. The molecule has 0 unspecified atom stereocenters. The van der Waals surface area contributed by atoms with Gasteiger partial charge >= 0.3 is 7.12 Å². The lowest BCUT2D eigenvalue weighted by Gasteiger charge is -2.13. The molecule has 2 aromatic heterocycles. The Hall–Kier alpha value is -4.22. The van der Waals surface area contributed by atoms with Crippen LogP contribution in [0.3, 0.4) is 0 Å². The van der Waals surface area contributed by atoms with Crippen LogP contribution in [-0.2, 0) is 6.54 Å². The van der Waals surface area contributed by atoms with Gasteiger partial charge in [-0.1, -0.05) is 30.3 Å². The SMILES string of the molecule is Cc1cc2c(C(N)=O)cccc2n1-c1ncc(C(N)=O)c(NCc2cccc(B(O)O)c2)n1. The molecule has 0 radical (unpaired) electrons. The number of carbonyl (C=O) groups excluding carboxylic acids is 2. The fraction of sp³-hybridized carbons (Fsp3) is 0.0909. The van der Waals surface area contributed by atoms with Crippen LogP contribution in [0.1, 0.15) is 32.0 Å². The van der Waals surface area contributed by atoms with E-state index in [2.05, 4.69) is 15.3 Å². The van der Waals surface area contributed by atoms with E-state index < -0.39 is 18.9 Å². The highest BCUT2D eigenvalue weighted by Crippen LogP contribution is 2.26. The second-order valence-electron chi connectivity index (χ2n) is 7.49. The van der Waals surface area contributed by atoms with Gasteiger partial charge in [-0.25, -0.2) is 4.98 Å². The first-order valence-electron chi connectivity index (χ1n) is 10.0. The number of hydrogen-bond donors (Lipinski definition) is 5. The van der Waals surface area contributed by atoms with Crippen LogP contribution in [0.4, 0.5) is 5.82 Å². The number of anilines is 1. The van der Waals surface area contributed by atoms with Crippen LogP contribution in [0.2, 0.25) is 0 Å². The number of primary amides is 2. The fourth-order valence-electron chi connectivity index (χ4n) is 3.69. The maximum atomic E-state index is 12.0. The van der Waals surface area contributed by atoms with Gasteiger partial charge in [-0.3, -0.25) is 14.2 Å². The van der Waals surface area contributed by atoms with E-state index in [0.717, 1.165) is 11.3 Å². The van der Waals surface area contributed by atoms with Crippen molar-refractivity contribution >= 4 is 41.1 Å². The van der Waals surface area contributed by atoms with Crippen LogP contribution in [0, 0.1) is 6.92 Å². The summed E-state index contributed by atoms with van der Waals surface area (Å²) >= 11 is 0. The lowest BCUT2D eigenvalue weighted by Crippen LogP contribution is -2.30. The largest absolute Gasteiger partial charge is 0.488 e. The van der Waals surface area contributed by atoms with Gasteiger partial charge in [0, 0.05) is 29.4 Å². The molecule has 4 rings (SSSR count). The lowest BCUT2D eigenvalue weighted by molar-refractivity contribution is 0.0992. The predicted octanol–water partition coefficient (Wildman–Crippen LogP) is 0.219. The van der Waals surface area contributed by atoms with E-state index in [1.165, 1.54) is 6.20 Å². The van der Waals surface area contributed by atoms with Crippen molar-refractivity contribution < 1.29 is 19.6 Å². The van der Waals surface area contributed by atoms with E-state index in [9.17, 15) is 19.6 Å². The minimum absolute atomic E-state index is 0.101. The van der Waals surface area contributed by atoms with Crippen LogP contribution in [0.25, 0.3) is 16.9 Å². The average molecular weight is 444 g/mol. The molecule has 0 atom stereocenters. The van der Waals surface area contributed by atoms with Crippen molar-refractivity contribution in [1.82, 2.24) is 14.5 Å². The summed E-state index contributed by atoms with van der Waals surface area (Å²) in [5.41, 5.74) is 14.0. The molecule has 4 aromatic rings. The van der Waals surface area contributed by atoms with Gasteiger partial charge in [0.05, 0.1) is 11.1 Å². The zero-order chi connectivity index (χ0) is 23.7. The molecular weight excluding hydrogens is 423 g/mol. The molecule has 0 bridgehead atoms. The number of nitrogens with zero attached hydrogens (tertiary/aromatic N) is 3. The second kappa shape index (κ2) is 8.73. The highest BCUT2D eigenvalue weighted by Gasteiger charge is 2.18. The Labute approximate surface area is 189 Å². The highest BCUT2D eigenvalue weighted by atomic mass is 16.4. The first-order chi connectivity index (χ1) is 15.8. The Morgan fingerprint density at radius 3 is 2.48 bits per heavy atom. The quantitative estimate of drug-likeness (QED) is 0.254. The van der Waals surface area contributed by atoms with Gasteiger partial charge in [0.15, 0.2) is 0 Å². The number of rotatable bonds is 7. The van der Waals surface area contributed by atoms with Gasteiger partial charge in [0.25, 0.3) is 5.91 Å². The van der Waals surface area contributed by atoms with Crippen LogP contribution < -0.4 is 22.2 Å². The first-order valence-corrected chi connectivity index (χ1v) is 10.0. The minimum atomic E-state index is -1.59. The number of carbonyl (C=O) groups is 2. The zero-order valence-electron chi connectivity index (χ0n) is 17.7. The number of aryl methyl sites for hydroxylation is 1. The molecule has 0 fully saturated rings. The third-order valence-electron chi connectivity index (χ3n) is 5.25. The Morgan fingerprint density at radius 2 is 1.79 bits per heavy atom. The third kappa shape index (κ3) is 4.27. The van der Waals surface area contributed by atoms with Crippen molar-refractivity contribution in [3.63, 3.8) is 0 Å². The summed E-state index contributed by atoms with van der Waals surface area (Å²) in [4.78, 5) is 32.6. The van der Waals surface area contributed by atoms with Crippen LogP contribution in [0.5, 0.6) is 0 Å². The first kappa shape index (κ1) is 22.0. The molecule has 11 heteroatoms. The molecule has 0 saturated heterocycles. The topological polar surface area (TPSA) is 169 Å². The molecular formula is C22H21BN6O4. The van der Waals surface area contributed by atoms with Gasteiger partial charge in [0.2, 0.25) is 11.9 Å². The monoisotopic (exact) mass is 444 g/mol. The van der Waals surface area contributed by atoms with Crippen molar-refractivity contribution in [3.05, 3.63) is 77.1 Å². The van der Waals surface area contributed by atoms with E-state index in [0.29, 0.717) is 21.9 Å². The summed E-state index contributed by atoms with van der Waals surface area (Å²) in [6, 6.07) is 13.7. The molecule has 33 heavy (non-hydrogen) atoms. The highest BCUT2D eigenvalue weighted by molar-refractivity contribution is 6.58. The Balaban J connectivity index is 1.75. The molecule has 2 amide bonds. The Bertz CT molecular complexity index is 1380. The summed E-state index contributed by atoms with van der Waals surface area (Å²) < 4.78 is 1.75. The Kier molecular flexibility index (Phi) is 5.82. The Morgan fingerprint density at radius 1 is 1.06 bits per heavy atom. The number of aromatic nitrogens is 3. The summed E-state index contributed by atoms with van der Waals surface area (Å²) in [5.74, 6) is -0.750. The van der Waals surface area contributed by atoms with Crippen molar-refractivity contribution in [3.8, 4) is 5.95 Å². The average Bonchev–Trinajstić information content (AvgIpc) is 3.13. The van der Waals surface area contributed by atoms with Gasteiger partial charge in [-0.15, -0.1) is 0 Å². The van der Waals surface area contributed by atoms with Gasteiger partial charge in [-0.2, -0.15) is 4.98 Å². The standard InChI is InChI=1S/C22H21BN6O4/c1-12-8-16-15(19(24)30)6-3-7-18(16)29(12)22-27-11-17(20(25)31)21(28-22)26-10-13-4-2-5-14(9-13)23(32)33/h2-9,11,32-33H,10H2,1H3,(H2,24,30)(H2,25,31)(H,26,27,28). The maximum Gasteiger partial charge on any atom is 0.488 e. The third-order valence-corrected chi connectivity index (χ3v) is 5.25. The van der Waals surface area contributed by atoms with E-state index in [-0.39, 0.29) is 23.9 Å². The second-order valence-corrected chi connectivity index (χ2v) is 7.49. The summed E-state index contributed by atoms with van der Waals surface area (Å²) in [5, 5.41) is 22.5. The number of benzene rings is 2. The van der Waals surface area contributed by atoms with E-state index in [1.807, 2.05) is 19.1 Å². The molecule has 0 aliphatic carbocycles. The van der Waals surface area contributed by atoms with Crippen molar-refractivity contribution in [2.75, 3.05) is 5.32 Å². The van der Waals surface area contributed by atoms with E-state index >= 15 is 0 Å². The van der Waals surface area contributed by atoms with Crippen LogP contribution in [0.15, 0.2) is 54.7 Å². The number of nitrogens with two attached hydrogens (primary N) is 2. The van der Waals surface area contributed by atoms with Crippen LogP contribution >= 0.6 is 0 Å². The summed E-state index contributed by atoms with van der Waals surface area (Å²) in [6.45, 7) is 2.09. The van der Waals surface area contributed by atoms with Crippen molar-refractivity contribution in [2.45, 2.75) is 13.5 Å². The molecule has 0 aliphatic heterocycles. The smallest absolute Gasteiger partial charge is 0.423 e. The molecule has 166 valence electrons. The molecule has 0 spiro atoms. The molecule has 7 N–H and O–H groups in total. The van der Waals surface area contributed by atoms with Crippen LogP contribution in [-0.4, -0.2) is 43.5 Å². The van der Waals surface area contributed by atoms with Gasteiger partial charge < -0.3 is 26.8 Å². The molecule has 2 aromatic carbocycles. The molecule has 10 nitrogen and oxygen atoms in total. The number of fused-ring (bicyclic) bond motifs is 1. The number of hydrogen-bond acceptors (Lipinski definition) is 7. The maximum absolute atomic E-state index is 12.0. The van der Waals surface area contributed by atoms with Gasteiger partial charge in [-0.05, 0) is 36.1 Å². The van der Waals surface area contributed by atoms with E-state index in [4.69, 9.17) is 11.5 Å². The fourth-order valence-corrected chi connectivity index (χ4v) is 3.69. The predicted molar refractivity (Wildman–Crippen MR) is 124 cm³/mol. The number of nitrogens with one attached hydrogen (secondary N) is 1. The van der Waals surface area contributed by atoms with E-state index in [1.54, 1.807) is 41.0 Å². The molecule has 0 aliphatic rings. The van der Waals surface area contributed by atoms with Crippen molar-refractivity contribution in [2.24, 2.45) is 11.5 Å². The van der Waals surface area contributed by atoms with Crippen molar-refractivity contribution in [1.29, 1.82) is 0 Å². The summed E-state index contributed by atoms with van der Waals surface area (Å²) in [6.07, 6.45) is 1.34. The van der Waals surface area contributed by atoms with Gasteiger partial charge in [0.1, 0.15) is 5.82 Å². The minimum Gasteiger partial charge on any atom is -0.423 e. The normalized spacial score (nSPS) is 10.9.